The topological polar surface area (TPSA) is 63.1 Å². The van der Waals surface area contributed by atoms with Crippen LogP contribution in [-0.4, -0.2) is 45.4 Å². The van der Waals surface area contributed by atoms with Crippen LogP contribution in [0.15, 0.2) is 47.6 Å². The van der Waals surface area contributed by atoms with E-state index in [9.17, 15) is 4.79 Å². The van der Waals surface area contributed by atoms with E-state index >= 15 is 0 Å². The third-order valence-electron chi connectivity index (χ3n) is 4.89. The summed E-state index contributed by atoms with van der Waals surface area (Å²) in [4.78, 5) is 14.6. The lowest BCUT2D eigenvalue weighted by Crippen LogP contribution is -2.21. The average Bonchev–Trinajstić information content (AvgIpc) is 3.13. The first-order valence-corrected chi connectivity index (χ1v) is 11.0. The number of aromatic nitrogens is 3. The number of carbonyl (C=O) groups excluding carboxylic acids is 1. The number of nitrogens with zero attached hydrogens (tertiary/aromatic N) is 4. The summed E-state index contributed by atoms with van der Waals surface area (Å²) in [6.45, 7) is 6.05. The fourth-order valence-electron chi connectivity index (χ4n) is 2.90. The van der Waals surface area contributed by atoms with Crippen molar-refractivity contribution in [3.05, 3.63) is 64.4 Å². The molecular formula is C22H26ClN5OS. The molecule has 8 heteroatoms. The third-order valence-corrected chi connectivity index (χ3v) is 6.07. The summed E-state index contributed by atoms with van der Waals surface area (Å²) in [6, 6.07) is 13.6. The lowest BCUT2D eigenvalue weighted by molar-refractivity contribution is -0.113. The molecule has 0 aliphatic rings. The minimum Gasteiger partial charge on any atom is -0.325 e. The van der Waals surface area contributed by atoms with Crippen LogP contribution in [0.5, 0.6) is 0 Å². The minimum absolute atomic E-state index is 0.0475. The summed E-state index contributed by atoms with van der Waals surface area (Å²) in [7, 11) is 3.99. The molecule has 0 saturated carbocycles. The largest absolute Gasteiger partial charge is 0.325 e. The maximum absolute atomic E-state index is 12.6. The SMILES string of the molecule is Cc1ccc(C)c(NC(=O)CSc2nnc(C(C)N(C)C)n2-c2ccc(Cl)cc2)c1. The first-order valence-electron chi connectivity index (χ1n) is 9.64. The van der Waals surface area contributed by atoms with Crippen molar-refractivity contribution in [3.63, 3.8) is 0 Å². The summed E-state index contributed by atoms with van der Waals surface area (Å²) in [5.41, 5.74) is 3.88. The van der Waals surface area contributed by atoms with Crippen LogP contribution < -0.4 is 5.32 Å². The van der Waals surface area contributed by atoms with Crippen LogP contribution in [0.1, 0.15) is 29.9 Å². The Bertz CT molecular complexity index is 1030. The van der Waals surface area contributed by atoms with E-state index < -0.39 is 0 Å². The van der Waals surface area contributed by atoms with E-state index in [4.69, 9.17) is 11.6 Å². The second kappa shape index (κ2) is 9.64. The number of hydrogen-bond acceptors (Lipinski definition) is 5. The van der Waals surface area contributed by atoms with E-state index in [-0.39, 0.29) is 17.7 Å². The van der Waals surface area contributed by atoms with Crippen molar-refractivity contribution < 1.29 is 4.79 Å². The molecule has 2 aromatic carbocycles. The van der Waals surface area contributed by atoms with E-state index in [1.807, 2.05) is 75.0 Å². The molecule has 0 bridgehead atoms. The summed E-state index contributed by atoms with van der Waals surface area (Å²) >= 11 is 7.42. The van der Waals surface area contributed by atoms with E-state index in [1.165, 1.54) is 11.8 Å². The highest BCUT2D eigenvalue weighted by Crippen LogP contribution is 2.28. The van der Waals surface area contributed by atoms with Crippen LogP contribution in [0, 0.1) is 13.8 Å². The van der Waals surface area contributed by atoms with Crippen LogP contribution in [0.2, 0.25) is 5.02 Å². The molecule has 6 nitrogen and oxygen atoms in total. The van der Waals surface area contributed by atoms with Gasteiger partial charge < -0.3 is 5.32 Å². The van der Waals surface area contributed by atoms with E-state index in [0.717, 1.165) is 28.3 Å². The number of rotatable bonds is 7. The molecule has 30 heavy (non-hydrogen) atoms. The van der Waals surface area contributed by atoms with E-state index in [0.29, 0.717) is 10.2 Å². The maximum Gasteiger partial charge on any atom is 0.234 e. The predicted molar refractivity (Wildman–Crippen MR) is 124 cm³/mol. The van der Waals surface area contributed by atoms with Gasteiger partial charge in [0.1, 0.15) is 0 Å². The highest BCUT2D eigenvalue weighted by atomic mass is 35.5. The monoisotopic (exact) mass is 443 g/mol. The Kier molecular flexibility index (Phi) is 7.18. The zero-order valence-electron chi connectivity index (χ0n) is 17.8. The molecule has 3 aromatic rings. The molecule has 0 spiro atoms. The van der Waals surface area contributed by atoms with Gasteiger partial charge in [-0.05, 0) is 76.3 Å². The Morgan fingerprint density at radius 1 is 1.17 bits per heavy atom. The van der Waals surface area contributed by atoms with Crippen molar-refractivity contribution in [1.29, 1.82) is 0 Å². The quantitative estimate of drug-likeness (QED) is 0.526. The van der Waals surface area contributed by atoms with Gasteiger partial charge in [0.2, 0.25) is 5.91 Å². The van der Waals surface area contributed by atoms with Gasteiger partial charge in [-0.1, -0.05) is 35.5 Å². The molecule has 3 rings (SSSR count). The number of thioether (sulfide) groups is 1. The lowest BCUT2D eigenvalue weighted by Gasteiger charge is -2.20. The summed E-state index contributed by atoms with van der Waals surface area (Å²) in [5, 5.41) is 13.1. The van der Waals surface area contributed by atoms with Crippen LogP contribution in [-0.2, 0) is 4.79 Å². The fourth-order valence-corrected chi connectivity index (χ4v) is 3.78. The van der Waals surface area contributed by atoms with Gasteiger partial charge in [-0.3, -0.25) is 14.3 Å². The molecule has 0 aliphatic heterocycles. The highest BCUT2D eigenvalue weighted by Gasteiger charge is 2.21. The third kappa shape index (κ3) is 5.22. The Hall–Kier alpha value is -2.35. The molecule has 0 aliphatic carbocycles. The van der Waals surface area contributed by atoms with Gasteiger partial charge >= 0.3 is 0 Å². The van der Waals surface area contributed by atoms with Crippen molar-refractivity contribution in [2.45, 2.75) is 32.0 Å². The molecule has 1 aromatic heterocycles. The minimum atomic E-state index is -0.0819. The predicted octanol–water partition coefficient (Wildman–Crippen LogP) is 4.89. The van der Waals surface area contributed by atoms with Gasteiger partial charge in [-0.15, -0.1) is 10.2 Å². The summed E-state index contributed by atoms with van der Waals surface area (Å²) in [5.74, 6) is 0.955. The van der Waals surface area contributed by atoms with Gasteiger partial charge in [-0.25, -0.2) is 0 Å². The molecule has 0 fully saturated rings. The molecule has 0 radical (unpaired) electrons. The molecule has 1 atom stereocenters. The molecule has 1 N–H and O–H groups in total. The Balaban J connectivity index is 1.82. The van der Waals surface area contributed by atoms with Crippen molar-refractivity contribution in [2.75, 3.05) is 25.2 Å². The van der Waals surface area contributed by atoms with Crippen molar-refractivity contribution in [3.8, 4) is 5.69 Å². The van der Waals surface area contributed by atoms with Crippen LogP contribution in [0.4, 0.5) is 5.69 Å². The first-order chi connectivity index (χ1) is 14.3. The van der Waals surface area contributed by atoms with Crippen LogP contribution in [0.3, 0.4) is 0 Å². The fraction of sp³-hybridized carbons (Fsp3) is 0.318. The molecule has 0 saturated heterocycles. The molecule has 1 unspecified atom stereocenters. The van der Waals surface area contributed by atoms with Gasteiger partial charge in [0.05, 0.1) is 11.8 Å². The van der Waals surface area contributed by atoms with Crippen molar-refractivity contribution >= 4 is 35.0 Å². The Morgan fingerprint density at radius 2 is 1.87 bits per heavy atom. The number of hydrogen-bond donors (Lipinski definition) is 1. The number of anilines is 1. The van der Waals surface area contributed by atoms with Crippen LogP contribution >= 0.6 is 23.4 Å². The zero-order chi connectivity index (χ0) is 21.8. The highest BCUT2D eigenvalue weighted by molar-refractivity contribution is 7.99. The first kappa shape index (κ1) is 22.3. The molecular weight excluding hydrogens is 418 g/mol. The van der Waals surface area contributed by atoms with Crippen LogP contribution in [0.25, 0.3) is 5.69 Å². The normalized spacial score (nSPS) is 12.2. The number of halogens is 1. The zero-order valence-corrected chi connectivity index (χ0v) is 19.4. The maximum atomic E-state index is 12.6. The number of benzene rings is 2. The molecule has 158 valence electrons. The summed E-state index contributed by atoms with van der Waals surface area (Å²) < 4.78 is 1.98. The average molecular weight is 444 g/mol. The molecule has 1 amide bonds. The number of carbonyl (C=O) groups is 1. The van der Waals surface area contributed by atoms with Gasteiger partial charge in [-0.2, -0.15) is 0 Å². The Labute approximate surface area is 186 Å². The smallest absolute Gasteiger partial charge is 0.234 e. The number of amides is 1. The standard InChI is InChI=1S/C22H26ClN5OS/c1-14-6-7-15(2)19(12-14)24-20(29)13-30-22-26-25-21(16(3)27(4)5)28(22)18-10-8-17(23)9-11-18/h6-12,16H,13H2,1-5H3,(H,24,29). The summed E-state index contributed by atoms with van der Waals surface area (Å²) in [6.07, 6.45) is 0. The lowest BCUT2D eigenvalue weighted by atomic mass is 10.1. The van der Waals surface area contributed by atoms with Gasteiger partial charge in [0, 0.05) is 16.4 Å². The van der Waals surface area contributed by atoms with Gasteiger partial charge in [0.25, 0.3) is 0 Å². The van der Waals surface area contributed by atoms with Gasteiger partial charge in [0.15, 0.2) is 11.0 Å². The van der Waals surface area contributed by atoms with Crippen molar-refractivity contribution in [2.24, 2.45) is 0 Å². The number of nitrogens with one attached hydrogen (secondary N) is 1. The van der Waals surface area contributed by atoms with Crippen molar-refractivity contribution in [1.82, 2.24) is 19.7 Å². The van der Waals surface area contributed by atoms with E-state index in [1.54, 1.807) is 0 Å². The Morgan fingerprint density at radius 3 is 2.53 bits per heavy atom. The number of aryl methyl sites for hydroxylation is 2. The van der Waals surface area contributed by atoms with E-state index in [2.05, 4.69) is 27.3 Å². The second-order valence-electron chi connectivity index (χ2n) is 7.45. The molecule has 1 heterocycles. The second-order valence-corrected chi connectivity index (χ2v) is 8.83.